The molecule has 0 saturated carbocycles. The van der Waals surface area contributed by atoms with E-state index in [1.54, 1.807) is 0 Å². The van der Waals surface area contributed by atoms with Crippen molar-refractivity contribution in [3.8, 4) is 6.07 Å². The molecule has 9 heteroatoms. The Kier molecular flexibility index (Phi) is 4.63. The van der Waals surface area contributed by atoms with Crippen LogP contribution in [0.25, 0.3) is 0 Å². The molecule has 1 atom stereocenters. The largest absolute Gasteiger partial charge is 0.468 e. The van der Waals surface area contributed by atoms with E-state index in [1.807, 2.05) is 0 Å². The van der Waals surface area contributed by atoms with E-state index >= 15 is 0 Å². The van der Waals surface area contributed by atoms with E-state index in [0.717, 1.165) is 13.2 Å². The highest BCUT2D eigenvalue weighted by molar-refractivity contribution is 7.90. The highest BCUT2D eigenvalue weighted by atomic mass is 32.2. The SMILES string of the molecule is COC(=O)C(C#N)c1ccc(C(F)(F)F)cc1S(C)(=O)=O. The lowest BCUT2D eigenvalue weighted by atomic mass is 9.99. The molecule has 0 spiro atoms. The van der Waals surface area contributed by atoms with E-state index in [1.165, 1.54) is 6.07 Å². The Morgan fingerprint density at radius 3 is 2.33 bits per heavy atom. The van der Waals surface area contributed by atoms with Crippen molar-refractivity contribution < 1.29 is 31.1 Å². The van der Waals surface area contributed by atoms with Gasteiger partial charge in [0.2, 0.25) is 0 Å². The first-order chi connectivity index (χ1) is 9.52. The van der Waals surface area contributed by atoms with Crippen LogP contribution in [0.3, 0.4) is 0 Å². The summed E-state index contributed by atoms with van der Waals surface area (Å²) < 4.78 is 65.5. The van der Waals surface area contributed by atoms with Crippen molar-refractivity contribution in [2.24, 2.45) is 0 Å². The van der Waals surface area contributed by atoms with E-state index in [0.29, 0.717) is 18.4 Å². The molecule has 0 N–H and O–H groups in total. The van der Waals surface area contributed by atoms with Gasteiger partial charge in [-0.25, -0.2) is 8.42 Å². The predicted molar refractivity (Wildman–Crippen MR) is 64.9 cm³/mol. The van der Waals surface area contributed by atoms with Crippen LogP contribution in [0.2, 0.25) is 0 Å². The van der Waals surface area contributed by atoms with Gasteiger partial charge in [-0.05, 0) is 17.7 Å². The fourth-order valence-electron chi connectivity index (χ4n) is 1.64. The summed E-state index contributed by atoms with van der Waals surface area (Å²) in [4.78, 5) is 10.7. The van der Waals surface area contributed by atoms with Crippen LogP contribution in [0, 0.1) is 11.3 Å². The fourth-order valence-corrected chi connectivity index (χ4v) is 2.59. The first-order valence-electron chi connectivity index (χ1n) is 5.41. The molecule has 1 aromatic rings. The summed E-state index contributed by atoms with van der Waals surface area (Å²) in [7, 11) is -3.09. The van der Waals surface area contributed by atoms with E-state index in [9.17, 15) is 26.4 Å². The number of esters is 1. The van der Waals surface area contributed by atoms with Crippen LogP contribution in [0.15, 0.2) is 23.1 Å². The number of nitrogens with zero attached hydrogens (tertiary/aromatic N) is 1. The topological polar surface area (TPSA) is 84.2 Å². The molecule has 0 saturated heterocycles. The first-order valence-corrected chi connectivity index (χ1v) is 7.30. The number of rotatable bonds is 3. The number of hydrogen-bond acceptors (Lipinski definition) is 5. The summed E-state index contributed by atoms with van der Waals surface area (Å²) in [5, 5.41) is 8.93. The van der Waals surface area contributed by atoms with E-state index < -0.39 is 38.4 Å². The zero-order valence-corrected chi connectivity index (χ0v) is 11.7. The Hall–Kier alpha value is -2.08. The maximum absolute atomic E-state index is 12.6. The smallest absolute Gasteiger partial charge is 0.416 e. The number of hydrogen-bond donors (Lipinski definition) is 0. The Morgan fingerprint density at radius 2 is 1.95 bits per heavy atom. The molecule has 1 unspecified atom stereocenters. The van der Waals surface area contributed by atoms with Gasteiger partial charge in [0.25, 0.3) is 0 Å². The first kappa shape index (κ1) is 17.0. The minimum atomic E-state index is -4.74. The molecular weight excluding hydrogens is 311 g/mol. The van der Waals surface area contributed by atoms with Gasteiger partial charge in [0.05, 0.1) is 23.6 Å². The highest BCUT2D eigenvalue weighted by Crippen LogP contribution is 2.34. The van der Waals surface area contributed by atoms with Crippen LogP contribution in [-0.4, -0.2) is 27.8 Å². The van der Waals surface area contributed by atoms with Gasteiger partial charge >= 0.3 is 12.1 Å². The molecule has 0 aromatic heterocycles. The number of sulfone groups is 1. The summed E-state index contributed by atoms with van der Waals surface area (Å²) in [6.45, 7) is 0. The fraction of sp³-hybridized carbons (Fsp3) is 0.333. The number of halogens is 3. The Bertz CT molecular complexity index is 704. The van der Waals surface area contributed by atoms with Gasteiger partial charge in [-0.15, -0.1) is 0 Å². The summed E-state index contributed by atoms with van der Waals surface area (Å²) >= 11 is 0. The van der Waals surface area contributed by atoms with Crippen LogP contribution < -0.4 is 0 Å². The van der Waals surface area contributed by atoms with E-state index in [2.05, 4.69) is 4.74 Å². The zero-order valence-electron chi connectivity index (χ0n) is 10.9. The summed E-state index contributed by atoms with van der Waals surface area (Å²) in [5.41, 5.74) is -1.53. The van der Waals surface area contributed by atoms with Gasteiger partial charge in [0, 0.05) is 6.26 Å². The van der Waals surface area contributed by atoms with Gasteiger partial charge in [-0.1, -0.05) is 6.07 Å². The van der Waals surface area contributed by atoms with Crippen LogP contribution in [-0.2, 0) is 25.5 Å². The molecule has 0 radical (unpaired) electrons. The van der Waals surface area contributed by atoms with Gasteiger partial charge in [0.1, 0.15) is 0 Å². The summed E-state index contributed by atoms with van der Waals surface area (Å²) in [5.74, 6) is -2.68. The lowest BCUT2D eigenvalue weighted by Crippen LogP contribution is -2.17. The van der Waals surface area contributed by atoms with E-state index in [-0.39, 0.29) is 5.56 Å². The highest BCUT2D eigenvalue weighted by Gasteiger charge is 2.34. The zero-order chi connectivity index (χ0) is 16.4. The van der Waals surface area contributed by atoms with Crippen molar-refractivity contribution in [3.63, 3.8) is 0 Å². The molecule has 0 heterocycles. The van der Waals surface area contributed by atoms with Crippen LogP contribution >= 0.6 is 0 Å². The summed E-state index contributed by atoms with van der Waals surface area (Å²) in [6.07, 6.45) is -4.05. The van der Waals surface area contributed by atoms with Crippen molar-refractivity contribution >= 4 is 15.8 Å². The number of alkyl halides is 3. The minimum absolute atomic E-state index is 0.347. The van der Waals surface area contributed by atoms with Crippen LogP contribution in [0.1, 0.15) is 17.0 Å². The van der Waals surface area contributed by atoms with Crippen LogP contribution in [0.4, 0.5) is 13.2 Å². The van der Waals surface area contributed by atoms with Gasteiger partial charge in [0.15, 0.2) is 15.8 Å². The molecule has 1 rings (SSSR count). The Balaban J connectivity index is 3.62. The van der Waals surface area contributed by atoms with E-state index in [4.69, 9.17) is 5.26 Å². The van der Waals surface area contributed by atoms with Crippen molar-refractivity contribution in [3.05, 3.63) is 29.3 Å². The predicted octanol–water partition coefficient (Wildman–Crippen LogP) is 1.89. The molecule has 0 bridgehead atoms. The monoisotopic (exact) mass is 321 g/mol. The third-order valence-electron chi connectivity index (χ3n) is 2.62. The maximum atomic E-state index is 12.6. The molecule has 0 fully saturated rings. The Morgan fingerprint density at radius 1 is 1.38 bits per heavy atom. The molecule has 114 valence electrons. The Labute approximate surface area is 118 Å². The third-order valence-corrected chi connectivity index (χ3v) is 3.77. The minimum Gasteiger partial charge on any atom is -0.468 e. The second kappa shape index (κ2) is 5.73. The number of carbonyl (C=O) groups excluding carboxylic acids is 1. The molecular formula is C12H10F3NO4S. The number of benzene rings is 1. The normalized spacial score (nSPS) is 13.3. The molecule has 1 aromatic carbocycles. The number of ether oxygens (including phenoxy) is 1. The standard InChI is InChI=1S/C12H10F3NO4S/c1-20-11(17)9(6-16)8-4-3-7(12(13,14)15)5-10(8)21(2,18)19/h3-5,9H,1-2H3. The number of carbonyl (C=O) groups is 1. The van der Waals surface area contributed by atoms with Crippen LogP contribution in [0.5, 0.6) is 0 Å². The maximum Gasteiger partial charge on any atom is 0.416 e. The van der Waals surface area contributed by atoms with Gasteiger partial charge < -0.3 is 4.74 Å². The second-order valence-electron chi connectivity index (χ2n) is 4.11. The number of methoxy groups -OCH3 is 1. The van der Waals surface area contributed by atoms with Gasteiger partial charge in [-0.3, -0.25) is 4.79 Å². The molecule has 5 nitrogen and oxygen atoms in total. The van der Waals surface area contributed by atoms with Crippen molar-refractivity contribution in [2.75, 3.05) is 13.4 Å². The average molecular weight is 321 g/mol. The quantitative estimate of drug-likeness (QED) is 0.794. The van der Waals surface area contributed by atoms with Crippen molar-refractivity contribution in [1.29, 1.82) is 5.26 Å². The second-order valence-corrected chi connectivity index (χ2v) is 6.09. The van der Waals surface area contributed by atoms with Gasteiger partial charge in [-0.2, -0.15) is 18.4 Å². The van der Waals surface area contributed by atoms with Crippen molar-refractivity contribution in [1.82, 2.24) is 0 Å². The molecule has 21 heavy (non-hydrogen) atoms. The lowest BCUT2D eigenvalue weighted by Gasteiger charge is -2.14. The molecule has 0 amide bonds. The third kappa shape index (κ3) is 3.72. The molecule has 0 aliphatic carbocycles. The molecule has 0 aliphatic rings. The molecule has 0 aliphatic heterocycles. The summed E-state index contributed by atoms with van der Waals surface area (Å²) in [6, 6.07) is 3.32. The number of nitriles is 1. The lowest BCUT2D eigenvalue weighted by molar-refractivity contribution is -0.141. The van der Waals surface area contributed by atoms with Crippen molar-refractivity contribution in [2.45, 2.75) is 17.0 Å². The average Bonchev–Trinajstić information content (AvgIpc) is 2.37.